The van der Waals surface area contributed by atoms with Crippen molar-refractivity contribution in [2.24, 2.45) is 0 Å². The lowest BCUT2D eigenvalue weighted by Crippen LogP contribution is -2.12. The van der Waals surface area contributed by atoms with Gasteiger partial charge in [0, 0.05) is 10.6 Å². The second kappa shape index (κ2) is 3.62. The Hall–Kier alpha value is -1.02. The van der Waals surface area contributed by atoms with Gasteiger partial charge in [-0.25, -0.2) is 0 Å². The van der Waals surface area contributed by atoms with Crippen molar-refractivity contribution in [3.8, 4) is 0 Å². The van der Waals surface area contributed by atoms with E-state index in [1.807, 2.05) is 18.2 Å². The van der Waals surface area contributed by atoms with Crippen LogP contribution in [-0.2, 0) is 4.79 Å². The minimum absolute atomic E-state index is 0.0358. The molecule has 0 saturated heterocycles. The van der Waals surface area contributed by atoms with Gasteiger partial charge in [-0.05, 0) is 24.1 Å². The standard InChI is InChI=1S/C12H12OS/c1-8(2)12(13)10-7-14-11-6-4-3-5-9(10)11/h3-6,10H,1,7H2,2H3. The van der Waals surface area contributed by atoms with Crippen molar-refractivity contribution in [1.29, 1.82) is 0 Å². The number of carbonyl (C=O) groups excluding carboxylic acids is 1. The van der Waals surface area contributed by atoms with E-state index in [1.54, 1.807) is 18.7 Å². The van der Waals surface area contributed by atoms with Gasteiger partial charge >= 0.3 is 0 Å². The number of rotatable bonds is 2. The molecule has 0 amide bonds. The lowest BCUT2D eigenvalue weighted by Gasteiger charge is -2.08. The summed E-state index contributed by atoms with van der Waals surface area (Å²) in [6.45, 7) is 5.50. The molecule has 0 aromatic heterocycles. The summed E-state index contributed by atoms with van der Waals surface area (Å²) in [5.41, 5.74) is 1.83. The molecule has 0 aliphatic carbocycles. The number of Topliss-reactive ketones (excluding diaryl/α,β-unsaturated/α-hetero) is 1. The number of fused-ring (bicyclic) bond motifs is 1. The zero-order valence-electron chi connectivity index (χ0n) is 8.12. The maximum absolute atomic E-state index is 11.8. The van der Waals surface area contributed by atoms with Crippen LogP contribution < -0.4 is 0 Å². The van der Waals surface area contributed by atoms with Crippen molar-refractivity contribution in [3.05, 3.63) is 42.0 Å². The highest BCUT2D eigenvalue weighted by Gasteiger charge is 2.28. The molecule has 0 bridgehead atoms. The molecule has 72 valence electrons. The molecule has 1 nitrogen and oxygen atoms in total. The third-order valence-electron chi connectivity index (χ3n) is 2.44. The van der Waals surface area contributed by atoms with Crippen molar-refractivity contribution in [2.75, 3.05) is 5.75 Å². The summed E-state index contributed by atoms with van der Waals surface area (Å²) in [7, 11) is 0. The Balaban J connectivity index is 2.35. The molecular weight excluding hydrogens is 192 g/mol. The molecule has 0 saturated carbocycles. The topological polar surface area (TPSA) is 17.1 Å². The molecule has 1 atom stereocenters. The van der Waals surface area contributed by atoms with E-state index in [2.05, 4.69) is 12.6 Å². The molecule has 0 N–H and O–H groups in total. The SMILES string of the molecule is C=C(C)C(=O)C1CSc2ccccc21. The molecule has 1 heterocycles. The Bertz CT molecular complexity index is 395. The van der Waals surface area contributed by atoms with Crippen LogP contribution in [0, 0.1) is 0 Å². The summed E-state index contributed by atoms with van der Waals surface area (Å²) < 4.78 is 0. The second-order valence-corrected chi connectivity index (χ2v) is 4.61. The number of thioether (sulfide) groups is 1. The van der Waals surface area contributed by atoms with E-state index >= 15 is 0 Å². The monoisotopic (exact) mass is 204 g/mol. The van der Waals surface area contributed by atoms with Crippen LogP contribution in [0.1, 0.15) is 18.4 Å². The van der Waals surface area contributed by atoms with Crippen molar-refractivity contribution in [1.82, 2.24) is 0 Å². The van der Waals surface area contributed by atoms with Gasteiger partial charge in [-0.1, -0.05) is 24.8 Å². The quantitative estimate of drug-likeness (QED) is 0.689. The molecule has 1 aliphatic rings. The van der Waals surface area contributed by atoms with Gasteiger partial charge in [0.05, 0.1) is 5.92 Å². The molecule has 2 heteroatoms. The number of ketones is 1. The first-order valence-corrected chi connectivity index (χ1v) is 5.60. The lowest BCUT2D eigenvalue weighted by atomic mass is 9.94. The van der Waals surface area contributed by atoms with E-state index < -0.39 is 0 Å². The molecule has 1 unspecified atom stereocenters. The van der Waals surface area contributed by atoms with Crippen LogP contribution in [0.5, 0.6) is 0 Å². The lowest BCUT2D eigenvalue weighted by molar-refractivity contribution is -0.116. The normalized spacial score (nSPS) is 19.1. The van der Waals surface area contributed by atoms with Crippen LogP contribution >= 0.6 is 11.8 Å². The van der Waals surface area contributed by atoms with E-state index in [0.717, 1.165) is 5.75 Å². The van der Waals surface area contributed by atoms with E-state index in [9.17, 15) is 4.79 Å². The highest BCUT2D eigenvalue weighted by Crippen LogP contribution is 2.40. The molecule has 14 heavy (non-hydrogen) atoms. The van der Waals surface area contributed by atoms with Gasteiger partial charge in [0.25, 0.3) is 0 Å². The number of benzene rings is 1. The fourth-order valence-electron chi connectivity index (χ4n) is 1.68. The second-order valence-electron chi connectivity index (χ2n) is 3.55. The molecule has 1 aromatic carbocycles. The zero-order valence-corrected chi connectivity index (χ0v) is 8.93. The van der Waals surface area contributed by atoms with Gasteiger partial charge in [-0.15, -0.1) is 11.8 Å². The van der Waals surface area contributed by atoms with E-state index in [0.29, 0.717) is 5.57 Å². The molecule has 1 aliphatic heterocycles. The van der Waals surface area contributed by atoms with Crippen molar-refractivity contribution >= 4 is 17.5 Å². The van der Waals surface area contributed by atoms with Gasteiger partial charge in [0.15, 0.2) is 5.78 Å². The Morgan fingerprint density at radius 3 is 2.93 bits per heavy atom. The molecule has 0 spiro atoms. The predicted octanol–water partition coefficient (Wildman–Crippen LogP) is 3.02. The third-order valence-corrected chi connectivity index (χ3v) is 3.62. The van der Waals surface area contributed by atoms with E-state index in [4.69, 9.17) is 0 Å². The van der Waals surface area contributed by atoms with Gasteiger partial charge in [0.1, 0.15) is 0 Å². The number of allylic oxidation sites excluding steroid dienone is 1. The minimum atomic E-state index is 0.0358. The minimum Gasteiger partial charge on any atom is -0.294 e. The van der Waals surface area contributed by atoms with Gasteiger partial charge in [0.2, 0.25) is 0 Å². The van der Waals surface area contributed by atoms with E-state index in [-0.39, 0.29) is 11.7 Å². The van der Waals surface area contributed by atoms with Crippen molar-refractivity contribution in [2.45, 2.75) is 17.7 Å². The maximum Gasteiger partial charge on any atom is 0.166 e. The average Bonchev–Trinajstić information content (AvgIpc) is 2.60. The van der Waals surface area contributed by atoms with Crippen molar-refractivity contribution < 1.29 is 4.79 Å². The predicted molar refractivity (Wildman–Crippen MR) is 59.7 cm³/mol. The molecule has 0 fully saturated rings. The maximum atomic E-state index is 11.8. The van der Waals surface area contributed by atoms with E-state index in [1.165, 1.54) is 10.5 Å². The highest BCUT2D eigenvalue weighted by atomic mass is 32.2. The highest BCUT2D eigenvalue weighted by molar-refractivity contribution is 7.99. The summed E-state index contributed by atoms with van der Waals surface area (Å²) in [4.78, 5) is 13.0. The molecule has 1 aromatic rings. The van der Waals surface area contributed by atoms with Gasteiger partial charge in [-0.2, -0.15) is 0 Å². The van der Waals surface area contributed by atoms with Crippen molar-refractivity contribution in [3.63, 3.8) is 0 Å². The number of carbonyl (C=O) groups is 1. The first-order valence-electron chi connectivity index (χ1n) is 4.61. The van der Waals surface area contributed by atoms with Crippen LogP contribution in [0.15, 0.2) is 41.3 Å². The van der Waals surface area contributed by atoms with Gasteiger partial charge in [-0.3, -0.25) is 4.79 Å². The van der Waals surface area contributed by atoms with Gasteiger partial charge < -0.3 is 0 Å². The average molecular weight is 204 g/mol. The molecular formula is C12H12OS. The van der Waals surface area contributed by atoms with Crippen LogP contribution in [-0.4, -0.2) is 11.5 Å². The summed E-state index contributed by atoms with van der Waals surface area (Å²) >= 11 is 1.76. The fourth-order valence-corrected chi connectivity index (χ4v) is 2.91. The first-order chi connectivity index (χ1) is 6.70. The van der Waals surface area contributed by atoms with Crippen LogP contribution in [0.25, 0.3) is 0 Å². The summed E-state index contributed by atoms with van der Waals surface area (Å²) in [6.07, 6.45) is 0. The number of hydrogen-bond acceptors (Lipinski definition) is 2. The Morgan fingerprint density at radius 1 is 1.50 bits per heavy atom. The van der Waals surface area contributed by atoms with Crippen LogP contribution in [0.4, 0.5) is 0 Å². The summed E-state index contributed by atoms with van der Waals surface area (Å²) in [5, 5.41) is 0. The Kier molecular flexibility index (Phi) is 2.46. The third kappa shape index (κ3) is 1.50. The number of hydrogen-bond donors (Lipinski definition) is 0. The Morgan fingerprint density at radius 2 is 2.21 bits per heavy atom. The molecule has 2 rings (SSSR count). The van der Waals surface area contributed by atoms with Crippen LogP contribution in [0.3, 0.4) is 0 Å². The summed E-state index contributed by atoms with van der Waals surface area (Å²) in [5.74, 6) is 1.08. The first kappa shape index (κ1) is 9.53. The van der Waals surface area contributed by atoms with Crippen LogP contribution in [0.2, 0.25) is 0 Å². The fraction of sp³-hybridized carbons (Fsp3) is 0.250. The summed E-state index contributed by atoms with van der Waals surface area (Å²) in [6, 6.07) is 8.12. The Labute approximate surface area is 88.2 Å². The zero-order chi connectivity index (χ0) is 10.1. The molecule has 0 radical (unpaired) electrons. The largest absolute Gasteiger partial charge is 0.294 e. The smallest absolute Gasteiger partial charge is 0.166 e.